The van der Waals surface area contributed by atoms with Gasteiger partial charge in [-0.15, -0.1) is 0 Å². The number of hydrogen-bond donors (Lipinski definition) is 1. The summed E-state index contributed by atoms with van der Waals surface area (Å²) in [4.78, 5) is 2.03. The minimum atomic E-state index is -0.570. The molecule has 1 N–H and O–H groups in total. The summed E-state index contributed by atoms with van der Waals surface area (Å²) in [5.74, 6) is 2.31. The smallest absolute Gasteiger partial charge is 0.231 e. The molecule has 1 aromatic heterocycles. The van der Waals surface area contributed by atoms with Crippen molar-refractivity contribution in [1.29, 1.82) is 0 Å². The van der Waals surface area contributed by atoms with Crippen LogP contribution in [0, 0.1) is 13.8 Å². The summed E-state index contributed by atoms with van der Waals surface area (Å²) >= 11 is 0. The normalized spacial score (nSPS) is 14.3. The average molecular weight is 348 g/mol. The summed E-state index contributed by atoms with van der Waals surface area (Å²) in [5, 5.41) is 14.1. The number of aliphatic hydroxyl groups is 1. The molecule has 0 aliphatic carbocycles. The molecule has 0 fully saturated rings. The molecule has 0 radical (unpaired) electrons. The first-order chi connectivity index (χ1) is 12.0. The number of nitrogens with zero attached hydrogens (tertiary/aromatic N) is 2. The molecule has 0 spiro atoms. The lowest BCUT2D eigenvalue weighted by Crippen LogP contribution is -2.32. The zero-order valence-electron chi connectivity index (χ0n) is 14.8. The van der Waals surface area contributed by atoms with Crippen LogP contribution >= 0.6 is 0 Å². The molecule has 1 aliphatic rings. The molecular formula is C18H24N2O5. The SMILES string of the molecule is Cc1noc(C)c1CN(C)C[C@@H](O)COCc1ccc2c(c1)OCO2. The maximum Gasteiger partial charge on any atom is 0.231 e. The number of aryl methyl sites for hydroxylation is 2. The first kappa shape index (κ1) is 17.7. The van der Waals surface area contributed by atoms with Gasteiger partial charge >= 0.3 is 0 Å². The molecule has 2 heterocycles. The van der Waals surface area contributed by atoms with Gasteiger partial charge in [-0.25, -0.2) is 0 Å². The Morgan fingerprint density at radius 1 is 1.28 bits per heavy atom. The van der Waals surface area contributed by atoms with Crippen molar-refractivity contribution in [1.82, 2.24) is 10.1 Å². The van der Waals surface area contributed by atoms with Crippen LogP contribution < -0.4 is 9.47 Å². The zero-order chi connectivity index (χ0) is 17.8. The standard InChI is InChI=1S/C18H24N2O5/c1-12-16(13(2)25-19-12)8-20(3)7-15(21)10-22-9-14-4-5-17-18(6-14)24-11-23-17/h4-6,15,21H,7-11H2,1-3H3/t15-/m1/s1. The van der Waals surface area contributed by atoms with E-state index in [0.29, 0.717) is 19.7 Å². The summed E-state index contributed by atoms with van der Waals surface area (Å²) in [6.07, 6.45) is -0.570. The first-order valence-electron chi connectivity index (χ1n) is 8.27. The molecule has 136 valence electrons. The van der Waals surface area contributed by atoms with Crippen LogP contribution in [0.3, 0.4) is 0 Å². The minimum absolute atomic E-state index is 0.260. The van der Waals surface area contributed by atoms with Gasteiger partial charge < -0.3 is 23.8 Å². The second-order valence-electron chi connectivity index (χ2n) is 6.36. The summed E-state index contributed by atoms with van der Waals surface area (Å²) in [5.41, 5.74) is 2.94. The van der Waals surface area contributed by atoms with Crippen LogP contribution in [0.4, 0.5) is 0 Å². The van der Waals surface area contributed by atoms with Crippen LogP contribution in [0.25, 0.3) is 0 Å². The quantitative estimate of drug-likeness (QED) is 0.782. The highest BCUT2D eigenvalue weighted by Gasteiger charge is 2.15. The lowest BCUT2D eigenvalue weighted by molar-refractivity contribution is 0.0126. The summed E-state index contributed by atoms with van der Waals surface area (Å²) in [6, 6.07) is 5.70. The lowest BCUT2D eigenvalue weighted by atomic mass is 10.2. The molecule has 0 bridgehead atoms. The number of fused-ring (bicyclic) bond motifs is 1. The second kappa shape index (κ2) is 7.86. The van der Waals surface area contributed by atoms with Crippen molar-refractivity contribution < 1.29 is 23.8 Å². The van der Waals surface area contributed by atoms with Crippen LogP contribution in [-0.2, 0) is 17.9 Å². The van der Waals surface area contributed by atoms with Gasteiger partial charge in [-0.1, -0.05) is 11.2 Å². The maximum atomic E-state index is 10.2. The van der Waals surface area contributed by atoms with Crippen LogP contribution in [0.2, 0.25) is 0 Å². The second-order valence-corrected chi connectivity index (χ2v) is 6.36. The van der Waals surface area contributed by atoms with Gasteiger partial charge in [-0.3, -0.25) is 4.90 Å². The molecule has 7 nitrogen and oxygen atoms in total. The third kappa shape index (κ3) is 4.50. The maximum absolute atomic E-state index is 10.2. The highest BCUT2D eigenvalue weighted by Crippen LogP contribution is 2.32. The molecule has 1 aromatic carbocycles. The Morgan fingerprint density at radius 3 is 2.84 bits per heavy atom. The number of benzene rings is 1. The molecule has 1 aliphatic heterocycles. The average Bonchev–Trinajstić information content (AvgIpc) is 3.16. The van der Waals surface area contributed by atoms with Crippen molar-refractivity contribution in [2.24, 2.45) is 0 Å². The van der Waals surface area contributed by atoms with Crippen LogP contribution in [0.5, 0.6) is 11.5 Å². The zero-order valence-corrected chi connectivity index (χ0v) is 14.8. The highest BCUT2D eigenvalue weighted by molar-refractivity contribution is 5.44. The molecule has 25 heavy (non-hydrogen) atoms. The third-order valence-corrected chi connectivity index (χ3v) is 4.15. The Labute approximate surface area is 147 Å². The van der Waals surface area contributed by atoms with Crippen molar-refractivity contribution in [2.45, 2.75) is 33.1 Å². The van der Waals surface area contributed by atoms with Crippen molar-refractivity contribution in [3.63, 3.8) is 0 Å². The monoisotopic (exact) mass is 348 g/mol. The fourth-order valence-electron chi connectivity index (χ4n) is 2.82. The van der Waals surface area contributed by atoms with Crippen LogP contribution in [0.1, 0.15) is 22.6 Å². The van der Waals surface area contributed by atoms with Gasteiger partial charge in [0.1, 0.15) is 5.76 Å². The van der Waals surface area contributed by atoms with Crippen LogP contribution in [0.15, 0.2) is 22.7 Å². The Morgan fingerprint density at radius 2 is 2.08 bits per heavy atom. The van der Waals surface area contributed by atoms with Gasteiger partial charge in [0, 0.05) is 18.7 Å². The van der Waals surface area contributed by atoms with Gasteiger partial charge in [0.2, 0.25) is 6.79 Å². The van der Waals surface area contributed by atoms with Crippen molar-refractivity contribution in [2.75, 3.05) is 27.0 Å². The largest absolute Gasteiger partial charge is 0.454 e. The van der Waals surface area contributed by atoms with E-state index in [1.807, 2.05) is 44.0 Å². The molecule has 0 saturated carbocycles. The first-order valence-corrected chi connectivity index (χ1v) is 8.27. The van der Waals surface area contributed by atoms with E-state index in [9.17, 15) is 5.11 Å². The van der Waals surface area contributed by atoms with Gasteiger partial charge in [-0.2, -0.15) is 0 Å². The Bertz CT molecular complexity index is 696. The van der Waals surface area contributed by atoms with Gasteiger partial charge in [0.05, 0.1) is 25.0 Å². The fraction of sp³-hybridized carbons (Fsp3) is 0.500. The molecule has 1 atom stereocenters. The van der Waals surface area contributed by atoms with E-state index < -0.39 is 6.10 Å². The lowest BCUT2D eigenvalue weighted by Gasteiger charge is -2.20. The topological polar surface area (TPSA) is 77.2 Å². The van der Waals surface area contributed by atoms with E-state index in [2.05, 4.69) is 5.16 Å². The highest BCUT2D eigenvalue weighted by atomic mass is 16.7. The van der Waals surface area contributed by atoms with Crippen molar-refractivity contribution in [3.8, 4) is 11.5 Å². The predicted molar refractivity (Wildman–Crippen MR) is 90.5 cm³/mol. The van der Waals surface area contributed by atoms with E-state index >= 15 is 0 Å². The molecule has 2 aromatic rings. The predicted octanol–water partition coefficient (Wildman–Crippen LogP) is 2.03. The van der Waals surface area contributed by atoms with Gasteiger partial charge in [0.15, 0.2) is 11.5 Å². The molecule has 0 saturated heterocycles. The molecule has 7 heteroatoms. The van der Waals surface area contributed by atoms with Crippen molar-refractivity contribution in [3.05, 3.63) is 40.8 Å². The van der Waals surface area contributed by atoms with Crippen molar-refractivity contribution >= 4 is 0 Å². The number of hydrogen-bond acceptors (Lipinski definition) is 7. The Balaban J connectivity index is 1.41. The Hall–Kier alpha value is -2.09. The van der Waals surface area contributed by atoms with E-state index in [1.54, 1.807) is 0 Å². The summed E-state index contributed by atoms with van der Waals surface area (Å²) < 4.78 is 21.4. The number of ether oxygens (including phenoxy) is 3. The molecular weight excluding hydrogens is 324 g/mol. The van der Waals surface area contributed by atoms with E-state index in [0.717, 1.165) is 34.1 Å². The fourth-order valence-corrected chi connectivity index (χ4v) is 2.82. The number of rotatable bonds is 8. The number of likely N-dealkylation sites (N-methyl/N-ethyl adjacent to an activating group) is 1. The number of aliphatic hydroxyl groups excluding tert-OH is 1. The number of aromatic nitrogens is 1. The van der Waals surface area contributed by atoms with Gasteiger partial charge in [-0.05, 0) is 38.6 Å². The van der Waals surface area contributed by atoms with Gasteiger partial charge in [0.25, 0.3) is 0 Å². The van der Waals surface area contributed by atoms with E-state index in [-0.39, 0.29) is 13.4 Å². The Kier molecular flexibility index (Phi) is 5.57. The molecule has 0 unspecified atom stereocenters. The third-order valence-electron chi connectivity index (χ3n) is 4.15. The summed E-state index contributed by atoms with van der Waals surface area (Å²) in [6.45, 7) is 5.95. The molecule has 0 amide bonds. The van der Waals surface area contributed by atoms with Crippen LogP contribution in [-0.4, -0.2) is 48.3 Å². The molecule has 3 rings (SSSR count). The van der Waals surface area contributed by atoms with E-state index in [4.69, 9.17) is 18.7 Å². The van der Waals surface area contributed by atoms with E-state index in [1.165, 1.54) is 0 Å². The summed E-state index contributed by atoms with van der Waals surface area (Å²) in [7, 11) is 1.95. The minimum Gasteiger partial charge on any atom is -0.454 e.